The van der Waals surface area contributed by atoms with Gasteiger partial charge in [-0.15, -0.1) is 0 Å². The van der Waals surface area contributed by atoms with Gasteiger partial charge in [0.05, 0.1) is 0 Å². The van der Waals surface area contributed by atoms with Crippen molar-refractivity contribution in [3.05, 3.63) is 11.6 Å². The molecule has 2 unspecified atom stereocenters. The lowest BCUT2D eigenvalue weighted by Gasteiger charge is -2.37. The molecule has 0 N–H and O–H groups in total. The van der Waals surface area contributed by atoms with Crippen molar-refractivity contribution in [3.8, 4) is 0 Å². The smallest absolute Gasteiger partial charge is 0.0338 e. The summed E-state index contributed by atoms with van der Waals surface area (Å²) in [6.07, 6.45) is 2.65. The van der Waals surface area contributed by atoms with Crippen LogP contribution in [0.4, 0.5) is 0 Å². The average Bonchev–Trinajstić information content (AvgIpc) is 1.98. The fraction of sp³-hybridized carbons (Fsp3) is 0.800. The van der Waals surface area contributed by atoms with E-state index in [9.17, 15) is 0 Å². The summed E-state index contributed by atoms with van der Waals surface area (Å²) in [6, 6.07) is 0.661. The number of hydrogen-bond acceptors (Lipinski definition) is 1. The van der Waals surface area contributed by atoms with Gasteiger partial charge in [0.25, 0.3) is 0 Å². The predicted octanol–water partition coefficient (Wildman–Crippen LogP) is 2.86. The minimum atomic E-state index is 0.661. The summed E-state index contributed by atoms with van der Waals surface area (Å²) in [5.74, 6) is 0.801. The molecule has 0 saturated carbocycles. The van der Waals surface area contributed by atoms with E-state index >= 15 is 0 Å². The molecule has 0 aromatic rings. The fourth-order valence-electron chi connectivity index (χ4n) is 1.86. The van der Waals surface area contributed by atoms with Gasteiger partial charge in [0, 0.05) is 17.6 Å². The van der Waals surface area contributed by atoms with E-state index in [-0.39, 0.29) is 0 Å². The second kappa shape index (κ2) is 4.29. The van der Waals surface area contributed by atoms with E-state index in [0.29, 0.717) is 6.04 Å². The van der Waals surface area contributed by atoms with Crippen LogP contribution in [0.15, 0.2) is 11.6 Å². The number of likely N-dealkylation sites (tertiary alicyclic amines) is 1. The Kier molecular flexibility index (Phi) is 3.60. The Morgan fingerprint density at radius 3 is 2.83 bits per heavy atom. The maximum absolute atomic E-state index is 5.79. The first kappa shape index (κ1) is 10.1. The molecule has 0 spiro atoms. The van der Waals surface area contributed by atoms with Crippen LogP contribution in [-0.4, -0.2) is 24.0 Å². The zero-order chi connectivity index (χ0) is 9.14. The van der Waals surface area contributed by atoms with E-state index in [1.807, 2.05) is 0 Å². The maximum Gasteiger partial charge on any atom is 0.0338 e. The Balaban J connectivity index is 2.46. The number of hydrogen-bond donors (Lipinski definition) is 0. The molecule has 0 radical (unpaired) electrons. The first-order chi connectivity index (χ1) is 5.61. The molecule has 70 valence electrons. The molecule has 1 rings (SSSR count). The molecule has 1 aliphatic rings. The monoisotopic (exact) mass is 187 g/mol. The van der Waals surface area contributed by atoms with Crippen LogP contribution >= 0.6 is 11.6 Å². The highest BCUT2D eigenvalue weighted by atomic mass is 35.5. The lowest BCUT2D eigenvalue weighted by molar-refractivity contribution is 0.127. The molecule has 0 aliphatic carbocycles. The van der Waals surface area contributed by atoms with E-state index in [1.54, 1.807) is 0 Å². The molecule has 1 saturated heterocycles. The van der Waals surface area contributed by atoms with E-state index in [1.165, 1.54) is 19.4 Å². The highest BCUT2D eigenvalue weighted by molar-refractivity contribution is 6.29. The van der Waals surface area contributed by atoms with E-state index in [2.05, 4.69) is 25.3 Å². The Hall–Kier alpha value is -0.0100. The molecule has 1 heterocycles. The van der Waals surface area contributed by atoms with E-state index < -0.39 is 0 Å². The van der Waals surface area contributed by atoms with Gasteiger partial charge < -0.3 is 0 Å². The van der Waals surface area contributed by atoms with Crippen molar-refractivity contribution < 1.29 is 0 Å². The van der Waals surface area contributed by atoms with Crippen LogP contribution in [0.1, 0.15) is 26.7 Å². The number of halogens is 1. The third kappa shape index (κ3) is 2.49. The SMILES string of the molecule is C=C(Cl)CN1CCCC(C)C1C. The van der Waals surface area contributed by atoms with Gasteiger partial charge in [0.15, 0.2) is 0 Å². The third-order valence-corrected chi connectivity index (χ3v) is 3.00. The van der Waals surface area contributed by atoms with Crippen molar-refractivity contribution in [2.24, 2.45) is 5.92 Å². The Bertz CT molecular complexity index is 167. The summed E-state index contributed by atoms with van der Waals surface area (Å²) in [5, 5.41) is 0.760. The van der Waals surface area contributed by atoms with Crippen molar-refractivity contribution in [1.82, 2.24) is 4.90 Å². The lowest BCUT2D eigenvalue weighted by Crippen LogP contribution is -2.42. The average molecular weight is 188 g/mol. The third-order valence-electron chi connectivity index (χ3n) is 2.88. The predicted molar refractivity (Wildman–Crippen MR) is 54.4 cm³/mol. The lowest BCUT2D eigenvalue weighted by atomic mass is 9.92. The number of piperidine rings is 1. The second-order valence-corrected chi connectivity index (χ2v) is 4.38. The molecule has 2 atom stereocenters. The van der Waals surface area contributed by atoms with Gasteiger partial charge in [-0.3, -0.25) is 4.90 Å². The Morgan fingerprint density at radius 2 is 2.25 bits per heavy atom. The topological polar surface area (TPSA) is 3.24 Å². The number of rotatable bonds is 2. The maximum atomic E-state index is 5.79. The van der Waals surface area contributed by atoms with Crippen LogP contribution in [0.3, 0.4) is 0 Å². The van der Waals surface area contributed by atoms with Crippen molar-refractivity contribution >= 4 is 11.6 Å². The molecule has 12 heavy (non-hydrogen) atoms. The quantitative estimate of drug-likeness (QED) is 0.643. The molecule has 0 aromatic carbocycles. The van der Waals surface area contributed by atoms with Crippen molar-refractivity contribution in [2.75, 3.05) is 13.1 Å². The van der Waals surface area contributed by atoms with Crippen molar-refractivity contribution in [2.45, 2.75) is 32.7 Å². The summed E-state index contributed by atoms with van der Waals surface area (Å²) < 4.78 is 0. The summed E-state index contributed by atoms with van der Waals surface area (Å²) in [5.41, 5.74) is 0. The minimum Gasteiger partial charge on any atom is -0.295 e. The molecule has 2 heteroatoms. The van der Waals surface area contributed by atoms with Crippen LogP contribution in [0.2, 0.25) is 0 Å². The molecule has 1 aliphatic heterocycles. The van der Waals surface area contributed by atoms with Crippen LogP contribution in [-0.2, 0) is 0 Å². The van der Waals surface area contributed by atoms with E-state index in [4.69, 9.17) is 11.6 Å². The molecular weight excluding hydrogens is 170 g/mol. The largest absolute Gasteiger partial charge is 0.295 e. The Labute approximate surface area is 80.4 Å². The molecule has 1 fully saturated rings. The van der Waals surface area contributed by atoms with Crippen LogP contribution in [0, 0.1) is 5.92 Å². The molecule has 0 aromatic heterocycles. The normalized spacial score (nSPS) is 31.9. The fourth-order valence-corrected chi connectivity index (χ4v) is 2.02. The van der Waals surface area contributed by atoms with Gasteiger partial charge in [-0.05, 0) is 32.2 Å². The molecule has 0 bridgehead atoms. The Morgan fingerprint density at radius 1 is 1.58 bits per heavy atom. The van der Waals surface area contributed by atoms with Crippen LogP contribution < -0.4 is 0 Å². The second-order valence-electron chi connectivity index (χ2n) is 3.85. The van der Waals surface area contributed by atoms with Gasteiger partial charge >= 0.3 is 0 Å². The summed E-state index contributed by atoms with van der Waals surface area (Å²) in [4.78, 5) is 2.42. The summed E-state index contributed by atoms with van der Waals surface area (Å²) >= 11 is 5.79. The van der Waals surface area contributed by atoms with Gasteiger partial charge in [0.2, 0.25) is 0 Å². The summed E-state index contributed by atoms with van der Waals surface area (Å²) in [6.45, 7) is 10.4. The zero-order valence-electron chi connectivity index (χ0n) is 8.02. The molecule has 1 nitrogen and oxygen atoms in total. The molecular formula is C10H18ClN. The minimum absolute atomic E-state index is 0.661. The van der Waals surface area contributed by atoms with Gasteiger partial charge in [-0.25, -0.2) is 0 Å². The standard InChI is InChI=1S/C10H18ClN/c1-8-5-4-6-12(10(8)3)7-9(2)11/h8,10H,2,4-7H2,1,3H3. The highest BCUT2D eigenvalue weighted by Gasteiger charge is 2.24. The van der Waals surface area contributed by atoms with Crippen LogP contribution in [0.25, 0.3) is 0 Å². The van der Waals surface area contributed by atoms with Gasteiger partial charge in [-0.2, -0.15) is 0 Å². The first-order valence-corrected chi connectivity index (χ1v) is 5.06. The van der Waals surface area contributed by atoms with E-state index in [0.717, 1.165) is 17.5 Å². The van der Waals surface area contributed by atoms with Gasteiger partial charge in [0.1, 0.15) is 0 Å². The van der Waals surface area contributed by atoms with Crippen molar-refractivity contribution in [3.63, 3.8) is 0 Å². The number of nitrogens with zero attached hydrogens (tertiary/aromatic N) is 1. The summed E-state index contributed by atoms with van der Waals surface area (Å²) in [7, 11) is 0. The van der Waals surface area contributed by atoms with Gasteiger partial charge in [-0.1, -0.05) is 25.1 Å². The van der Waals surface area contributed by atoms with Crippen molar-refractivity contribution in [1.29, 1.82) is 0 Å². The molecule has 0 amide bonds. The first-order valence-electron chi connectivity index (χ1n) is 4.68. The highest BCUT2D eigenvalue weighted by Crippen LogP contribution is 2.23. The zero-order valence-corrected chi connectivity index (χ0v) is 8.77. The van der Waals surface area contributed by atoms with Crippen LogP contribution in [0.5, 0.6) is 0 Å².